The quantitative estimate of drug-likeness (QED) is 0.585. The Kier molecular flexibility index (Phi) is 5.84. The molecule has 1 aliphatic heterocycles. The Morgan fingerprint density at radius 3 is 2.36 bits per heavy atom. The number of alkyl halides is 3. The van der Waals surface area contributed by atoms with Crippen LogP contribution < -0.4 is 10.1 Å². The predicted octanol–water partition coefficient (Wildman–Crippen LogP) is 5.26. The molecule has 3 aromatic rings. The molecule has 0 spiro atoms. The van der Waals surface area contributed by atoms with Crippen LogP contribution in [0.15, 0.2) is 72.8 Å². The van der Waals surface area contributed by atoms with Crippen LogP contribution in [-0.4, -0.2) is 30.9 Å². The predicted molar refractivity (Wildman–Crippen MR) is 117 cm³/mol. The maximum absolute atomic E-state index is 13.5. The largest absolute Gasteiger partial charge is 0.497 e. The SMILES string of the molecule is COc1ccc(C2C(C(=O)Nc3cccc(C(F)(F)F)c3)c3ccccc3C(=O)N2C)cc1. The van der Waals surface area contributed by atoms with Gasteiger partial charge in [0.1, 0.15) is 5.75 Å². The van der Waals surface area contributed by atoms with Crippen molar-refractivity contribution in [3.8, 4) is 5.75 Å². The van der Waals surface area contributed by atoms with Crippen molar-refractivity contribution in [2.75, 3.05) is 19.5 Å². The molecule has 0 saturated heterocycles. The average Bonchev–Trinajstić information content (AvgIpc) is 2.81. The highest BCUT2D eigenvalue weighted by molar-refractivity contribution is 6.04. The minimum atomic E-state index is -4.53. The molecule has 0 saturated carbocycles. The van der Waals surface area contributed by atoms with Gasteiger partial charge in [0.15, 0.2) is 0 Å². The number of hydrogen-bond donors (Lipinski definition) is 1. The molecule has 2 atom stereocenters. The van der Waals surface area contributed by atoms with Crippen molar-refractivity contribution in [3.63, 3.8) is 0 Å². The molecule has 0 radical (unpaired) electrons. The Bertz CT molecular complexity index is 1190. The third-order valence-corrected chi connectivity index (χ3v) is 5.78. The Morgan fingerprint density at radius 1 is 1.00 bits per heavy atom. The number of hydrogen-bond acceptors (Lipinski definition) is 3. The highest BCUT2D eigenvalue weighted by Gasteiger charge is 2.42. The molecule has 2 unspecified atom stereocenters. The molecular formula is C25H21F3N2O3. The normalized spacial score (nSPS) is 18.0. The number of ether oxygens (including phenoxy) is 1. The van der Waals surface area contributed by atoms with Gasteiger partial charge in [0.2, 0.25) is 5.91 Å². The third kappa shape index (κ3) is 4.28. The number of carbonyl (C=O) groups excluding carboxylic acids is 2. The van der Waals surface area contributed by atoms with Gasteiger partial charge in [-0.3, -0.25) is 9.59 Å². The van der Waals surface area contributed by atoms with E-state index in [9.17, 15) is 22.8 Å². The maximum atomic E-state index is 13.5. The second kappa shape index (κ2) is 8.61. The summed E-state index contributed by atoms with van der Waals surface area (Å²) >= 11 is 0. The van der Waals surface area contributed by atoms with Crippen molar-refractivity contribution in [1.29, 1.82) is 0 Å². The number of amides is 2. The van der Waals surface area contributed by atoms with Crippen LogP contribution in [0.1, 0.15) is 39.0 Å². The van der Waals surface area contributed by atoms with Crippen molar-refractivity contribution in [2.45, 2.75) is 18.1 Å². The van der Waals surface area contributed by atoms with Crippen molar-refractivity contribution < 1.29 is 27.5 Å². The van der Waals surface area contributed by atoms with E-state index in [1.165, 1.54) is 24.1 Å². The molecule has 2 amide bonds. The van der Waals surface area contributed by atoms with Crippen molar-refractivity contribution in [2.24, 2.45) is 0 Å². The Morgan fingerprint density at radius 2 is 1.70 bits per heavy atom. The van der Waals surface area contributed by atoms with E-state index in [-0.39, 0.29) is 11.6 Å². The lowest BCUT2D eigenvalue weighted by Gasteiger charge is -2.39. The summed E-state index contributed by atoms with van der Waals surface area (Å²) in [6.45, 7) is 0. The first-order valence-electron chi connectivity index (χ1n) is 10.2. The number of benzene rings is 3. The molecule has 0 fully saturated rings. The highest BCUT2D eigenvalue weighted by Crippen LogP contribution is 2.43. The molecule has 170 valence electrons. The van der Waals surface area contributed by atoms with Crippen LogP contribution in [0.4, 0.5) is 18.9 Å². The topological polar surface area (TPSA) is 58.6 Å². The van der Waals surface area contributed by atoms with Crippen LogP contribution in [-0.2, 0) is 11.0 Å². The zero-order valence-electron chi connectivity index (χ0n) is 17.9. The third-order valence-electron chi connectivity index (χ3n) is 5.78. The molecule has 1 heterocycles. The summed E-state index contributed by atoms with van der Waals surface area (Å²) in [5.74, 6) is -0.975. The Hall–Kier alpha value is -3.81. The first-order valence-corrected chi connectivity index (χ1v) is 10.2. The van der Waals surface area contributed by atoms with E-state index in [4.69, 9.17) is 4.74 Å². The summed E-state index contributed by atoms with van der Waals surface area (Å²) in [5.41, 5.74) is 0.772. The van der Waals surface area contributed by atoms with E-state index >= 15 is 0 Å². The number of halogens is 3. The van der Waals surface area contributed by atoms with Crippen LogP contribution in [0.2, 0.25) is 0 Å². The van der Waals surface area contributed by atoms with Gasteiger partial charge in [-0.1, -0.05) is 36.4 Å². The number of anilines is 1. The molecule has 33 heavy (non-hydrogen) atoms. The number of nitrogens with one attached hydrogen (secondary N) is 1. The standard InChI is InChI=1S/C25H21F3N2O3/c1-30-22(15-10-12-18(33-2)13-11-15)21(19-8-3-4-9-20(19)24(30)32)23(31)29-17-7-5-6-16(14-17)25(26,27)28/h3-14,21-22H,1-2H3,(H,29,31). The number of likely N-dealkylation sites (N-methyl/N-ethyl adjacent to an activating group) is 1. The van der Waals surface area contributed by atoms with Crippen molar-refractivity contribution >= 4 is 17.5 Å². The second-order valence-electron chi connectivity index (χ2n) is 7.77. The second-order valence-corrected chi connectivity index (χ2v) is 7.77. The van der Waals surface area contributed by atoms with E-state index in [0.29, 0.717) is 22.4 Å². The van der Waals surface area contributed by atoms with Crippen LogP contribution >= 0.6 is 0 Å². The molecule has 0 bridgehead atoms. The van der Waals surface area contributed by atoms with Crippen molar-refractivity contribution in [3.05, 3.63) is 95.1 Å². The lowest BCUT2D eigenvalue weighted by Crippen LogP contribution is -2.44. The number of rotatable bonds is 4. The van der Waals surface area contributed by atoms with Crippen LogP contribution in [0.3, 0.4) is 0 Å². The molecule has 5 nitrogen and oxygen atoms in total. The first kappa shape index (κ1) is 22.4. The fourth-order valence-corrected chi connectivity index (χ4v) is 4.17. The monoisotopic (exact) mass is 454 g/mol. The van der Waals surface area contributed by atoms with Gasteiger partial charge in [0.25, 0.3) is 5.91 Å². The number of nitrogens with zero attached hydrogens (tertiary/aromatic N) is 1. The fraction of sp³-hybridized carbons (Fsp3) is 0.200. The average molecular weight is 454 g/mol. The molecule has 1 aliphatic rings. The minimum absolute atomic E-state index is 0.0281. The van der Waals surface area contributed by atoms with Crippen molar-refractivity contribution in [1.82, 2.24) is 4.90 Å². The van der Waals surface area contributed by atoms with Gasteiger partial charge < -0.3 is 15.0 Å². The van der Waals surface area contributed by atoms with Crippen LogP contribution in [0.5, 0.6) is 5.75 Å². The summed E-state index contributed by atoms with van der Waals surface area (Å²) in [7, 11) is 3.14. The molecule has 1 N–H and O–H groups in total. The summed E-state index contributed by atoms with van der Waals surface area (Å²) in [4.78, 5) is 28.0. The summed E-state index contributed by atoms with van der Waals surface area (Å²) < 4.78 is 44.6. The molecule has 3 aromatic carbocycles. The van der Waals surface area contributed by atoms with Gasteiger partial charge in [-0.2, -0.15) is 13.2 Å². The van der Waals surface area contributed by atoms with E-state index in [2.05, 4.69) is 5.32 Å². The van der Waals surface area contributed by atoms with Gasteiger partial charge in [0, 0.05) is 18.3 Å². The molecule has 4 rings (SSSR count). The smallest absolute Gasteiger partial charge is 0.416 e. The fourth-order valence-electron chi connectivity index (χ4n) is 4.17. The Balaban J connectivity index is 1.77. The zero-order valence-corrected chi connectivity index (χ0v) is 17.9. The molecule has 0 aliphatic carbocycles. The molecular weight excluding hydrogens is 433 g/mol. The first-order chi connectivity index (χ1) is 15.7. The number of carbonyl (C=O) groups is 2. The van der Waals surface area contributed by atoms with E-state index < -0.39 is 29.6 Å². The lowest BCUT2D eigenvalue weighted by atomic mass is 9.79. The molecule has 0 aromatic heterocycles. The molecule has 8 heteroatoms. The summed E-state index contributed by atoms with van der Waals surface area (Å²) in [6, 6.07) is 17.6. The van der Waals surface area contributed by atoms with Gasteiger partial charge in [0.05, 0.1) is 24.6 Å². The maximum Gasteiger partial charge on any atom is 0.416 e. The lowest BCUT2D eigenvalue weighted by molar-refractivity contribution is -0.137. The van der Waals surface area contributed by atoms with E-state index in [1.807, 2.05) is 0 Å². The van der Waals surface area contributed by atoms with Crippen LogP contribution in [0.25, 0.3) is 0 Å². The van der Waals surface area contributed by atoms with Gasteiger partial charge >= 0.3 is 6.18 Å². The zero-order chi connectivity index (χ0) is 23.8. The number of methoxy groups -OCH3 is 1. The van der Waals surface area contributed by atoms with E-state index in [0.717, 1.165) is 12.1 Å². The van der Waals surface area contributed by atoms with E-state index in [1.54, 1.807) is 55.6 Å². The highest BCUT2D eigenvalue weighted by atomic mass is 19.4. The Labute approximate surface area is 188 Å². The van der Waals surface area contributed by atoms with Gasteiger partial charge in [-0.05, 0) is 47.5 Å². The minimum Gasteiger partial charge on any atom is -0.497 e. The van der Waals surface area contributed by atoms with Crippen LogP contribution in [0, 0.1) is 0 Å². The summed E-state index contributed by atoms with van der Waals surface area (Å²) in [6.07, 6.45) is -4.53. The van der Waals surface area contributed by atoms with Gasteiger partial charge in [-0.25, -0.2) is 0 Å². The number of fused-ring (bicyclic) bond motifs is 1. The van der Waals surface area contributed by atoms with Gasteiger partial charge in [-0.15, -0.1) is 0 Å². The summed E-state index contributed by atoms with van der Waals surface area (Å²) in [5, 5.41) is 2.62.